The van der Waals surface area contributed by atoms with Crippen molar-refractivity contribution in [2.45, 2.75) is 13.3 Å². The monoisotopic (exact) mass is 291 g/mol. The third kappa shape index (κ3) is 2.66. The van der Waals surface area contributed by atoms with Gasteiger partial charge in [0.05, 0.1) is 10.6 Å². The molecule has 1 aromatic heterocycles. The van der Waals surface area contributed by atoms with Crippen molar-refractivity contribution in [3.8, 4) is 0 Å². The van der Waals surface area contributed by atoms with Crippen LogP contribution >= 0.6 is 0 Å². The van der Waals surface area contributed by atoms with Gasteiger partial charge in [-0.3, -0.25) is 10.1 Å². The van der Waals surface area contributed by atoms with E-state index in [1.54, 1.807) is 6.07 Å². The zero-order chi connectivity index (χ0) is 14.8. The molecule has 1 aromatic carbocycles. The van der Waals surface area contributed by atoms with Crippen LogP contribution in [0.25, 0.3) is 11.0 Å². The number of benzene rings is 1. The largest absolute Gasteiger partial charge is 0.383 e. The van der Waals surface area contributed by atoms with Gasteiger partial charge in [-0.05, 0) is 41.8 Å². The number of non-ortho nitro benzene ring substituents is 1. The number of hydrogen-bond donors (Lipinski definition) is 1. The Hall–Kier alpha value is -2.22. The highest BCUT2D eigenvalue weighted by molar-refractivity contribution is 5.93. The zero-order valence-electron chi connectivity index (χ0n) is 11.8. The van der Waals surface area contributed by atoms with E-state index >= 15 is 0 Å². The molecule has 0 radical (unpaired) electrons. The number of nitrogens with one attached hydrogen (secondary N) is 1. The van der Waals surface area contributed by atoms with Gasteiger partial charge in [-0.25, -0.2) is 4.63 Å². The minimum Gasteiger partial charge on any atom is -0.383 e. The molecule has 2 heterocycles. The number of likely N-dealkylation sites (tertiary alicyclic amines) is 1. The first-order chi connectivity index (χ1) is 10.2. The van der Waals surface area contributed by atoms with E-state index in [2.05, 4.69) is 32.1 Å². The number of anilines is 1. The van der Waals surface area contributed by atoms with Crippen LogP contribution in [0.2, 0.25) is 0 Å². The maximum absolute atomic E-state index is 10.9. The Morgan fingerprint density at radius 1 is 1.48 bits per heavy atom. The number of nitro groups is 1. The third-order valence-corrected chi connectivity index (χ3v) is 3.99. The molecule has 8 nitrogen and oxygen atoms in total. The second kappa shape index (κ2) is 5.65. The topological polar surface area (TPSA) is 97.3 Å². The summed E-state index contributed by atoms with van der Waals surface area (Å²) in [6.07, 6.45) is 1.16. The highest BCUT2D eigenvalue weighted by Gasteiger charge is 2.23. The van der Waals surface area contributed by atoms with Crippen molar-refractivity contribution in [3.63, 3.8) is 0 Å². The average Bonchev–Trinajstić information content (AvgIpc) is 3.13. The van der Waals surface area contributed by atoms with Gasteiger partial charge >= 0.3 is 5.69 Å². The van der Waals surface area contributed by atoms with Crippen LogP contribution in [-0.2, 0) is 0 Å². The molecule has 2 aromatic rings. The van der Waals surface area contributed by atoms with Gasteiger partial charge in [0.25, 0.3) is 0 Å². The number of fused-ring (bicyclic) bond motifs is 1. The summed E-state index contributed by atoms with van der Waals surface area (Å²) in [7, 11) is 0. The van der Waals surface area contributed by atoms with Gasteiger partial charge in [0.1, 0.15) is 0 Å². The van der Waals surface area contributed by atoms with E-state index in [-0.39, 0.29) is 11.2 Å². The average molecular weight is 291 g/mol. The van der Waals surface area contributed by atoms with Crippen molar-refractivity contribution in [1.82, 2.24) is 15.2 Å². The fraction of sp³-hybridized carbons (Fsp3) is 0.538. The minimum absolute atomic E-state index is 0.0881. The number of rotatable bonds is 5. The maximum Gasteiger partial charge on any atom is 0.300 e. The molecule has 3 rings (SSSR count). The zero-order valence-corrected chi connectivity index (χ0v) is 11.8. The van der Waals surface area contributed by atoms with Gasteiger partial charge in [-0.2, -0.15) is 0 Å². The number of nitro benzene ring substituents is 1. The lowest BCUT2D eigenvalue weighted by Gasteiger charge is -2.14. The van der Waals surface area contributed by atoms with Crippen LogP contribution in [0, 0.1) is 16.0 Å². The quantitative estimate of drug-likeness (QED) is 0.663. The number of aromatic nitrogens is 2. The summed E-state index contributed by atoms with van der Waals surface area (Å²) in [5.74, 6) is 0.579. The number of hydrogen-bond acceptors (Lipinski definition) is 7. The lowest BCUT2D eigenvalue weighted by molar-refractivity contribution is -0.383. The molecular weight excluding hydrogens is 274 g/mol. The Labute approximate surface area is 121 Å². The summed E-state index contributed by atoms with van der Waals surface area (Å²) in [5, 5.41) is 21.6. The van der Waals surface area contributed by atoms with Crippen molar-refractivity contribution in [2.24, 2.45) is 5.92 Å². The summed E-state index contributed by atoms with van der Waals surface area (Å²) in [5.41, 5.74) is 1.24. The predicted octanol–water partition coefficient (Wildman–Crippen LogP) is 1.88. The van der Waals surface area contributed by atoms with Gasteiger partial charge in [0.2, 0.25) is 5.52 Å². The molecule has 1 aliphatic heterocycles. The number of nitrogens with zero attached hydrogens (tertiary/aromatic N) is 4. The third-order valence-electron chi connectivity index (χ3n) is 3.99. The standard InChI is InChI=1S/C13H17N5O3/c1-2-17-6-5-9(8-17)7-14-10-3-4-11(18(19)20)13-12(10)15-21-16-13/h3-4,9,14H,2,5-8H2,1H3. The molecule has 112 valence electrons. The molecule has 0 spiro atoms. The first-order valence-corrected chi connectivity index (χ1v) is 7.05. The van der Waals surface area contributed by atoms with E-state index in [0.29, 0.717) is 11.4 Å². The Kier molecular flexibility index (Phi) is 3.70. The fourth-order valence-electron chi connectivity index (χ4n) is 2.76. The summed E-state index contributed by atoms with van der Waals surface area (Å²) in [6.45, 7) is 6.26. The second-order valence-electron chi connectivity index (χ2n) is 5.28. The van der Waals surface area contributed by atoms with Crippen molar-refractivity contribution < 1.29 is 9.55 Å². The summed E-state index contributed by atoms with van der Waals surface area (Å²) >= 11 is 0. The maximum atomic E-state index is 10.9. The van der Waals surface area contributed by atoms with Crippen LogP contribution in [0.4, 0.5) is 11.4 Å². The Bertz CT molecular complexity index is 656. The molecular formula is C13H17N5O3. The van der Waals surface area contributed by atoms with Crippen LogP contribution < -0.4 is 5.32 Å². The Balaban J connectivity index is 1.75. The lowest BCUT2D eigenvalue weighted by atomic mass is 10.1. The first kappa shape index (κ1) is 13.7. The molecule has 0 amide bonds. The van der Waals surface area contributed by atoms with E-state index in [1.165, 1.54) is 6.07 Å². The molecule has 8 heteroatoms. The van der Waals surface area contributed by atoms with E-state index in [9.17, 15) is 10.1 Å². The summed E-state index contributed by atoms with van der Waals surface area (Å²) < 4.78 is 4.65. The SMILES string of the molecule is CCN1CCC(CNc2ccc([N+](=O)[O-])c3nonc23)C1. The molecule has 1 fully saturated rings. The summed E-state index contributed by atoms with van der Waals surface area (Å²) in [4.78, 5) is 12.9. The van der Waals surface area contributed by atoms with E-state index in [0.717, 1.165) is 38.3 Å². The molecule has 0 bridgehead atoms. The van der Waals surface area contributed by atoms with E-state index < -0.39 is 4.92 Å². The van der Waals surface area contributed by atoms with Gasteiger partial charge in [-0.15, -0.1) is 0 Å². The lowest BCUT2D eigenvalue weighted by Crippen LogP contribution is -2.22. The summed E-state index contributed by atoms with van der Waals surface area (Å²) in [6, 6.07) is 3.10. The normalized spacial score (nSPS) is 19.2. The van der Waals surface area contributed by atoms with Crippen LogP contribution in [-0.4, -0.2) is 46.3 Å². The van der Waals surface area contributed by atoms with Crippen molar-refractivity contribution in [1.29, 1.82) is 0 Å². The van der Waals surface area contributed by atoms with E-state index in [4.69, 9.17) is 0 Å². The van der Waals surface area contributed by atoms with Gasteiger partial charge in [0, 0.05) is 19.2 Å². The predicted molar refractivity (Wildman–Crippen MR) is 77.2 cm³/mol. The molecule has 0 saturated carbocycles. The highest BCUT2D eigenvalue weighted by Crippen LogP contribution is 2.29. The second-order valence-corrected chi connectivity index (χ2v) is 5.28. The molecule has 1 saturated heterocycles. The highest BCUT2D eigenvalue weighted by atomic mass is 16.6. The van der Waals surface area contributed by atoms with Crippen molar-refractivity contribution in [2.75, 3.05) is 31.5 Å². The Morgan fingerprint density at radius 3 is 3.00 bits per heavy atom. The molecule has 0 aliphatic carbocycles. The van der Waals surface area contributed by atoms with Gasteiger partial charge in [-0.1, -0.05) is 6.92 Å². The van der Waals surface area contributed by atoms with Crippen molar-refractivity contribution >= 4 is 22.4 Å². The smallest absolute Gasteiger partial charge is 0.300 e. The molecule has 1 N–H and O–H groups in total. The molecule has 1 atom stereocenters. The van der Waals surface area contributed by atoms with Crippen LogP contribution in [0.5, 0.6) is 0 Å². The van der Waals surface area contributed by atoms with Crippen LogP contribution in [0.1, 0.15) is 13.3 Å². The minimum atomic E-state index is -0.480. The Morgan fingerprint density at radius 2 is 2.29 bits per heavy atom. The van der Waals surface area contributed by atoms with Crippen molar-refractivity contribution in [3.05, 3.63) is 22.2 Å². The van der Waals surface area contributed by atoms with Gasteiger partial charge in [0.15, 0.2) is 5.52 Å². The molecule has 21 heavy (non-hydrogen) atoms. The fourth-order valence-corrected chi connectivity index (χ4v) is 2.76. The van der Waals surface area contributed by atoms with E-state index in [1.807, 2.05) is 0 Å². The molecule has 1 aliphatic rings. The van der Waals surface area contributed by atoms with Crippen LogP contribution in [0.3, 0.4) is 0 Å². The van der Waals surface area contributed by atoms with Crippen LogP contribution in [0.15, 0.2) is 16.8 Å². The first-order valence-electron chi connectivity index (χ1n) is 7.05. The molecule has 1 unspecified atom stereocenters. The van der Waals surface area contributed by atoms with Gasteiger partial charge < -0.3 is 10.2 Å².